The summed E-state index contributed by atoms with van der Waals surface area (Å²) >= 11 is 1.56. The van der Waals surface area contributed by atoms with Crippen LogP contribution in [0.4, 0.5) is 4.79 Å². The van der Waals surface area contributed by atoms with Gasteiger partial charge in [-0.05, 0) is 31.3 Å². The van der Waals surface area contributed by atoms with Crippen LogP contribution in [0.3, 0.4) is 0 Å². The topological polar surface area (TPSA) is 78.9 Å². The highest BCUT2D eigenvalue weighted by atomic mass is 32.2. The number of aliphatic carboxylic acids is 1. The lowest BCUT2D eigenvalue weighted by Gasteiger charge is -2.23. The van der Waals surface area contributed by atoms with Gasteiger partial charge in [0.25, 0.3) is 0 Å². The first kappa shape index (κ1) is 16.1. The summed E-state index contributed by atoms with van der Waals surface area (Å²) in [6.45, 7) is 1.24. The number of carboxylic acids is 1. The van der Waals surface area contributed by atoms with Gasteiger partial charge in [-0.3, -0.25) is 0 Å². The lowest BCUT2D eigenvalue weighted by atomic mass is 10.2. The molecule has 0 bridgehead atoms. The zero-order chi connectivity index (χ0) is 14.3. The molecular formula is C12H22N2O4S. The smallest absolute Gasteiger partial charge is 0.326 e. The number of rotatable bonds is 7. The molecule has 2 amide bonds. The van der Waals surface area contributed by atoms with E-state index in [1.165, 1.54) is 4.90 Å². The molecule has 0 aromatic rings. The van der Waals surface area contributed by atoms with Crippen molar-refractivity contribution in [2.24, 2.45) is 0 Å². The molecule has 0 radical (unpaired) electrons. The summed E-state index contributed by atoms with van der Waals surface area (Å²) in [5.74, 6) is -0.292. The third kappa shape index (κ3) is 5.69. The zero-order valence-corrected chi connectivity index (χ0v) is 12.2. The first-order valence-electron chi connectivity index (χ1n) is 6.39. The van der Waals surface area contributed by atoms with Crippen molar-refractivity contribution in [2.45, 2.75) is 31.4 Å². The molecule has 1 unspecified atom stereocenters. The highest BCUT2D eigenvalue weighted by Gasteiger charge is 2.24. The Bertz CT molecular complexity index is 308. The SMILES string of the molecule is CSCC[C@H](NC(=O)N(C)CC1CCCO1)C(=O)O. The van der Waals surface area contributed by atoms with E-state index in [0.717, 1.165) is 19.4 Å². The minimum Gasteiger partial charge on any atom is -0.480 e. The van der Waals surface area contributed by atoms with Crippen molar-refractivity contribution in [3.8, 4) is 0 Å². The Balaban J connectivity index is 2.38. The van der Waals surface area contributed by atoms with Crippen molar-refractivity contribution >= 4 is 23.8 Å². The first-order valence-corrected chi connectivity index (χ1v) is 7.79. The van der Waals surface area contributed by atoms with Gasteiger partial charge >= 0.3 is 12.0 Å². The molecule has 0 saturated carbocycles. The van der Waals surface area contributed by atoms with E-state index in [4.69, 9.17) is 9.84 Å². The highest BCUT2D eigenvalue weighted by Crippen LogP contribution is 2.12. The largest absolute Gasteiger partial charge is 0.480 e. The Hall–Kier alpha value is -0.950. The Morgan fingerprint density at radius 3 is 2.84 bits per heavy atom. The van der Waals surface area contributed by atoms with Crippen LogP contribution < -0.4 is 5.32 Å². The van der Waals surface area contributed by atoms with E-state index >= 15 is 0 Å². The van der Waals surface area contributed by atoms with Crippen molar-refractivity contribution in [3.05, 3.63) is 0 Å². The molecule has 1 heterocycles. The monoisotopic (exact) mass is 290 g/mol. The average molecular weight is 290 g/mol. The first-order chi connectivity index (χ1) is 9.04. The van der Waals surface area contributed by atoms with E-state index in [0.29, 0.717) is 18.7 Å². The van der Waals surface area contributed by atoms with Gasteiger partial charge in [-0.1, -0.05) is 0 Å². The van der Waals surface area contributed by atoms with Crippen molar-refractivity contribution in [3.63, 3.8) is 0 Å². The van der Waals surface area contributed by atoms with E-state index in [2.05, 4.69) is 5.32 Å². The van der Waals surface area contributed by atoms with Gasteiger partial charge in [0.2, 0.25) is 0 Å². The number of hydrogen-bond acceptors (Lipinski definition) is 4. The number of thioether (sulfide) groups is 1. The molecule has 1 aliphatic rings. The van der Waals surface area contributed by atoms with Crippen LogP contribution in [0.15, 0.2) is 0 Å². The van der Waals surface area contributed by atoms with Gasteiger partial charge in [0, 0.05) is 20.2 Å². The average Bonchev–Trinajstić information content (AvgIpc) is 2.86. The second-order valence-electron chi connectivity index (χ2n) is 4.64. The summed E-state index contributed by atoms with van der Waals surface area (Å²) < 4.78 is 5.45. The highest BCUT2D eigenvalue weighted by molar-refractivity contribution is 7.98. The minimum atomic E-state index is -0.993. The zero-order valence-electron chi connectivity index (χ0n) is 11.4. The number of carbonyl (C=O) groups excluding carboxylic acids is 1. The van der Waals surface area contributed by atoms with Gasteiger partial charge in [0.15, 0.2) is 0 Å². The predicted octanol–water partition coefficient (Wildman–Crippen LogP) is 1.01. The lowest BCUT2D eigenvalue weighted by molar-refractivity contribution is -0.139. The van der Waals surface area contributed by atoms with E-state index < -0.39 is 12.0 Å². The summed E-state index contributed by atoms with van der Waals surface area (Å²) in [7, 11) is 1.66. The lowest BCUT2D eigenvalue weighted by Crippen LogP contribution is -2.48. The fraction of sp³-hybridized carbons (Fsp3) is 0.833. The Labute approximate surface area is 117 Å². The molecular weight excluding hydrogens is 268 g/mol. The third-order valence-corrected chi connectivity index (χ3v) is 3.70. The molecule has 0 aromatic carbocycles. The number of carbonyl (C=O) groups is 2. The fourth-order valence-corrected chi connectivity index (χ4v) is 2.40. The van der Waals surface area contributed by atoms with E-state index in [1.54, 1.807) is 18.8 Å². The van der Waals surface area contributed by atoms with Crippen LogP contribution in [0, 0.1) is 0 Å². The van der Waals surface area contributed by atoms with Gasteiger partial charge in [0.05, 0.1) is 6.10 Å². The number of amides is 2. The number of nitrogens with one attached hydrogen (secondary N) is 1. The summed E-state index contributed by atoms with van der Waals surface area (Å²) in [4.78, 5) is 24.4. The number of nitrogens with zero attached hydrogens (tertiary/aromatic N) is 1. The molecule has 0 aliphatic carbocycles. The Kier molecular flexibility index (Phi) is 7.01. The van der Waals surface area contributed by atoms with Crippen LogP contribution in [-0.2, 0) is 9.53 Å². The van der Waals surface area contributed by atoms with Crippen LogP contribution in [0.25, 0.3) is 0 Å². The van der Waals surface area contributed by atoms with E-state index in [1.807, 2.05) is 6.26 Å². The maximum Gasteiger partial charge on any atom is 0.326 e. The molecule has 2 N–H and O–H groups in total. The van der Waals surface area contributed by atoms with Gasteiger partial charge in [-0.15, -0.1) is 0 Å². The van der Waals surface area contributed by atoms with Crippen LogP contribution in [0.5, 0.6) is 0 Å². The van der Waals surface area contributed by atoms with Gasteiger partial charge in [-0.2, -0.15) is 11.8 Å². The summed E-state index contributed by atoms with van der Waals surface area (Å²) in [6.07, 6.45) is 4.38. The molecule has 1 fully saturated rings. The van der Waals surface area contributed by atoms with Crippen LogP contribution in [0.1, 0.15) is 19.3 Å². The molecule has 1 aliphatic heterocycles. The van der Waals surface area contributed by atoms with Crippen molar-refractivity contribution in [2.75, 3.05) is 32.2 Å². The molecule has 1 rings (SSSR count). The fourth-order valence-electron chi connectivity index (χ4n) is 1.93. The maximum absolute atomic E-state index is 11.9. The van der Waals surface area contributed by atoms with Crippen LogP contribution in [-0.4, -0.2) is 66.4 Å². The second kappa shape index (κ2) is 8.27. The van der Waals surface area contributed by atoms with E-state index in [9.17, 15) is 9.59 Å². The number of urea groups is 1. The molecule has 7 heteroatoms. The molecule has 0 spiro atoms. The van der Waals surface area contributed by atoms with Crippen molar-refractivity contribution in [1.29, 1.82) is 0 Å². The van der Waals surface area contributed by atoms with Crippen molar-refractivity contribution < 1.29 is 19.4 Å². The summed E-state index contributed by atoms with van der Waals surface area (Å²) in [5.41, 5.74) is 0. The second-order valence-corrected chi connectivity index (χ2v) is 5.62. The molecule has 110 valence electrons. The Morgan fingerprint density at radius 1 is 1.58 bits per heavy atom. The molecule has 19 heavy (non-hydrogen) atoms. The number of hydrogen-bond donors (Lipinski definition) is 2. The number of ether oxygens (including phenoxy) is 1. The number of likely N-dealkylation sites (N-methyl/N-ethyl adjacent to an activating group) is 1. The molecule has 1 saturated heterocycles. The van der Waals surface area contributed by atoms with Crippen molar-refractivity contribution in [1.82, 2.24) is 10.2 Å². The number of carboxylic acid groups (broad SMARTS) is 1. The van der Waals surface area contributed by atoms with Crippen LogP contribution in [0.2, 0.25) is 0 Å². The molecule has 0 aromatic heterocycles. The Morgan fingerprint density at radius 2 is 2.32 bits per heavy atom. The quantitative estimate of drug-likeness (QED) is 0.731. The summed E-state index contributed by atoms with van der Waals surface area (Å²) in [5, 5.41) is 11.6. The maximum atomic E-state index is 11.9. The summed E-state index contributed by atoms with van der Waals surface area (Å²) in [6, 6.07) is -1.18. The normalized spacial score (nSPS) is 20.0. The van der Waals surface area contributed by atoms with Gasteiger partial charge in [0.1, 0.15) is 6.04 Å². The predicted molar refractivity (Wildman–Crippen MR) is 74.6 cm³/mol. The molecule has 2 atom stereocenters. The standard InChI is InChI=1S/C12H22N2O4S/c1-14(8-9-4-3-6-18-9)12(17)13-10(11(15)16)5-7-19-2/h9-10H,3-8H2,1-2H3,(H,13,17)(H,15,16)/t9?,10-/m0/s1. The molecule has 6 nitrogen and oxygen atoms in total. The van der Waals surface area contributed by atoms with Gasteiger partial charge < -0.3 is 20.1 Å². The third-order valence-electron chi connectivity index (χ3n) is 3.05. The van der Waals surface area contributed by atoms with Gasteiger partial charge in [-0.25, -0.2) is 9.59 Å². The minimum absolute atomic E-state index is 0.0743. The van der Waals surface area contributed by atoms with Crippen LogP contribution >= 0.6 is 11.8 Å². The van der Waals surface area contributed by atoms with E-state index in [-0.39, 0.29) is 12.1 Å².